The third-order valence-corrected chi connectivity index (χ3v) is 4.52. The largest absolute Gasteiger partial charge is 0.586 e. The number of amides is 1. The monoisotopic (exact) mass is 393 g/mol. The first-order chi connectivity index (χ1) is 11.5. The van der Waals surface area contributed by atoms with Gasteiger partial charge in [-0.3, -0.25) is 4.79 Å². The number of ether oxygens (including phenoxy) is 3. The van der Waals surface area contributed by atoms with Crippen molar-refractivity contribution in [3.05, 3.63) is 12.1 Å². The van der Waals surface area contributed by atoms with Gasteiger partial charge in [0.05, 0.1) is 23.4 Å². The van der Waals surface area contributed by atoms with Crippen LogP contribution in [-0.4, -0.2) is 43.0 Å². The number of carbonyl (C=O) groups is 1. The van der Waals surface area contributed by atoms with E-state index in [1.165, 1.54) is 23.5 Å². The van der Waals surface area contributed by atoms with Gasteiger partial charge in [-0.1, -0.05) is 11.3 Å². The van der Waals surface area contributed by atoms with Crippen LogP contribution in [0.25, 0.3) is 10.2 Å². The van der Waals surface area contributed by atoms with Crippen molar-refractivity contribution >= 4 is 45.0 Å². The van der Waals surface area contributed by atoms with Crippen molar-refractivity contribution in [3.8, 4) is 11.5 Å². The van der Waals surface area contributed by atoms with Gasteiger partial charge in [-0.2, -0.15) is 0 Å². The Bertz CT molecular complexity index is 753. The molecule has 1 fully saturated rings. The lowest BCUT2D eigenvalue weighted by atomic mass is 10.2. The van der Waals surface area contributed by atoms with Gasteiger partial charge >= 0.3 is 6.29 Å². The minimum atomic E-state index is -3.65. The topological polar surface area (TPSA) is 81.7 Å². The van der Waals surface area contributed by atoms with Gasteiger partial charge in [0.15, 0.2) is 16.6 Å². The zero-order chi connectivity index (χ0) is 16.7. The number of aromatic nitrogens is 1. The average molecular weight is 394 g/mol. The van der Waals surface area contributed by atoms with E-state index in [1.54, 1.807) is 0 Å². The predicted molar refractivity (Wildman–Crippen MR) is 88.9 cm³/mol. The maximum Gasteiger partial charge on any atom is 0.586 e. The van der Waals surface area contributed by atoms with Crippen molar-refractivity contribution < 1.29 is 27.8 Å². The summed E-state index contributed by atoms with van der Waals surface area (Å²) in [5.41, 5.74) is 0.453. The summed E-state index contributed by atoms with van der Waals surface area (Å²) in [5.74, 6) is -0.305. The Labute approximate surface area is 151 Å². The minimum absolute atomic E-state index is 0. The van der Waals surface area contributed by atoms with Gasteiger partial charge in [0, 0.05) is 31.1 Å². The Balaban J connectivity index is 0.00000182. The van der Waals surface area contributed by atoms with Crippen molar-refractivity contribution in [2.24, 2.45) is 0 Å². The molecule has 2 aliphatic rings. The number of hydrogen-bond acceptors (Lipinski definition) is 7. The van der Waals surface area contributed by atoms with Crippen molar-refractivity contribution in [1.82, 2.24) is 10.3 Å². The van der Waals surface area contributed by atoms with Crippen LogP contribution in [0.4, 0.5) is 13.9 Å². The Kier molecular flexibility index (Phi) is 4.96. The summed E-state index contributed by atoms with van der Waals surface area (Å²) in [5, 5.41) is 6.30. The summed E-state index contributed by atoms with van der Waals surface area (Å²) in [6, 6.07) is 2.77. The minimum Gasteiger partial charge on any atom is -0.395 e. The Morgan fingerprint density at radius 3 is 2.88 bits per heavy atom. The van der Waals surface area contributed by atoms with E-state index in [-0.39, 0.29) is 42.3 Å². The molecule has 0 aliphatic carbocycles. The standard InChI is InChI=1S/C14H13F2N3O4S.ClH/c15-14(16)22-9-4-8-11(5-10(9)23-14)24-13(18-8)19-12(20)3-7-6-21-2-1-17-7;/h4-5,7,17H,1-3,6H2,(H,18,19,20);1H. The molecule has 1 saturated heterocycles. The molecule has 1 aromatic carbocycles. The smallest absolute Gasteiger partial charge is 0.395 e. The van der Waals surface area contributed by atoms with E-state index in [4.69, 9.17) is 4.74 Å². The summed E-state index contributed by atoms with van der Waals surface area (Å²) in [7, 11) is 0. The van der Waals surface area contributed by atoms with Crippen LogP contribution in [0.15, 0.2) is 12.1 Å². The summed E-state index contributed by atoms with van der Waals surface area (Å²) < 4.78 is 40.8. The number of hydrogen-bond donors (Lipinski definition) is 2. The number of morpholine rings is 1. The lowest BCUT2D eigenvalue weighted by Gasteiger charge is -2.22. The molecule has 1 amide bonds. The molecule has 25 heavy (non-hydrogen) atoms. The summed E-state index contributed by atoms with van der Waals surface area (Å²) >= 11 is 1.18. The van der Waals surface area contributed by atoms with E-state index in [2.05, 4.69) is 25.1 Å². The Morgan fingerprint density at radius 1 is 1.40 bits per heavy atom. The molecular weight excluding hydrogens is 380 g/mol. The quantitative estimate of drug-likeness (QED) is 0.833. The average Bonchev–Trinajstić information content (AvgIpc) is 3.02. The number of fused-ring (bicyclic) bond motifs is 2. The maximum atomic E-state index is 13.0. The first-order valence-corrected chi connectivity index (χ1v) is 8.11. The van der Waals surface area contributed by atoms with Crippen LogP contribution < -0.4 is 20.1 Å². The number of alkyl halides is 2. The first kappa shape index (κ1) is 18.1. The molecule has 0 radical (unpaired) electrons. The first-order valence-electron chi connectivity index (χ1n) is 7.30. The number of nitrogens with zero attached hydrogens (tertiary/aromatic N) is 1. The van der Waals surface area contributed by atoms with Gasteiger partial charge < -0.3 is 24.8 Å². The van der Waals surface area contributed by atoms with Crippen LogP contribution >= 0.6 is 23.7 Å². The van der Waals surface area contributed by atoms with E-state index >= 15 is 0 Å². The van der Waals surface area contributed by atoms with Crippen LogP contribution in [0.5, 0.6) is 11.5 Å². The highest BCUT2D eigenvalue weighted by atomic mass is 35.5. The van der Waals surface area contributed by atoms with Crippen molar-refractivity contribution in [3.63, 3.8) is 0 Å². The molecule has 136 valence electrons. The third-order valence-electron chi connectivity index (χ3n) is 3.59. The van der Waals surface area contributed by atoms with Crippen LogP contribution in [0.1, 0.15) is 6.42 Å². The molecule has 0 bridgehead atoms. The molecular formula is C14H14ClF2N3O4S. The number of nitrogens with one attached hydrogen (secondary N) is 2. The number of halogens is 3. The molecule has 2 aromatic rings. The van der Waals surface area contributed by atoms with Crippen LogP contribution in [0, 0.1) is 0 Å². The number of rotatable bonds is 3. The van der Waals surface area contributed by atoms with E-state index in [9.17, 15) is 13.6 Å². The summed E-state index contributed by atoms with van der Waals surface area (Å²) in [4.78, 5) is 16.3. The molecule has 4 rings (SSSR count). The molecule has 1 atom stereocenters. The molecule has 1 unspecified atom stereocenters. The number of anilines is 1. The zero-order valence-electron chi connectivity index (χ0n) is 12.7. The lowest BCUT2D eigenvalue weighted by molar-refractivity contribution is -0.286. The van der Waals surface area contributed by atoms with Crippen molar-refractivity contribution in [1.29, 1.82) is 0 Å². The zero-order valence-corrected chi connectivity index (χ0v) is 14.3. The van der Waals surface area contributed by atoms with Crippen molar-refractivity contribution in [2.45, 2.75) is 18.8 Å². The highest BCUT2D eigenvalue weighted by Gasteiger charge is 2.43. The second kappa shape index (κ2) is 6.87. The SMILES string of the molecule is Cl.O=C(CC1COCCN1)Nc1nc2cc3c(cc2s1)OC(F)(F)O3. The van der Waals surface area contributed by atoms with E-state index in [1.807, 2.05) is 0 Å². The Morgan fingerprint density at radius 2 is 2.16 bits per heavy atom. The van der Waals surface area contributed by atoms with Crippen LogP contribution in [0.3, 0.4) is 0 Å². The second-order valence-electron chi connectivity index (χ2n) is 5.43. The fourth-order valence-electron chi connectivity index (χ4n) is 2.57. The fraction of sp³-hybridized carbons (Fsp3) is 0.429. The van der Waals surface area contributed by atoms with E-state index in [0.717, 1.165) is 6.54 Å². The van der Waals surface area contributed by atoms with Crippen LogP contribution in [0.2, 0.25) is 0 Å². The Hall–Kier alpha value is -1.75. The number of benzene rings is 1. The maximum absolute atomic E-state index is 13.0. The molecule has 11 heteroatoms. The molecule has 2 aliphatic heterocycles. The van der Waals surface area contributed by atoms with Gasteiger partial charge in [0.25, 0.3) is 0 Å². The van der Waals surface area contributed by atoms with Crippen molar-refractivity contribution in [2.75, 3.05) is 25.1 Å². The fourth-order valence-corrected chi connectivity index (χ4v) is 3.46. The molecule has 2 N–H and O–H groups in total. The molecule has 7 nitrogen and oxygen atoms in total. The van der Waals surface area contributed by atoms with Crippen LogP contribution in [-0.2, 0) is 9.53 Å². The molecule has 0 saturated carbocycles. The van der Waals surface area contributed by atoms with Gasteiger partial charge in [-0.05, 0) is 0 Å². The number of thiazole rings is 1. The van der Waals surface area contributed by atoms with E-state index < -0.39 is 6.29 Å². The van der Waals surface area contributed by atoms with Gasteiger partial charge in [0.2, 0.25) is 5.91 Å². The molecule has 1 aromatic heterocycles. The summed E-state index contributed by atoms with van der Waals surface area (Å²) in [6.45, 7) is 1.85. The lowest BCUT2D eigenvalue weighted by Crippen LogP contribution is -2.43. The molecule has 0 spiro atoms. The van der Waals surface area contributed by atoms with Gasteiger partial charge in [-0.15, -0.1) is 21.2 Å². The summed E-state index contributed by atoms with van der Waals surface area (Å²) in [6.07, 6.45) is -3.39. The highest BCUT2D eigenvalue weighted by Crippen LogP contribution is 2.44. The van der Waals surface area contributed by atoms with E-state index in [0.29, 0.717) is 28.6 Å². The van der Waals surface area contributed by atoms with Gasteiger partial charge in [-0.25, -0.2) is 4.98 Å². The van der Waals surface area contributed by atoms with Gasteiger partial charge in [0.1, 0.15) is 0 Å². The normalized spacial score (nSPS) is 21.0. The number of carbonyl (C=O) groups excluding carboxylic acids is 1. The molecule has 3 heterocycles. The predicted octanol–water partition coefficient (Wildman–Crippen LogP) is 2.36. The highest BCUT2D eigenvalue weighted by molar-refractivity contribution is 7.22. The second-order valence-corrected chi connectivity index (χ2v) is 6.46. The third kappa shape index (κ3) is 3.92.